The maximum Gasteiger partial charge on any atom is 0.162 e. The summed E-state index contributed by atoms with van der Waals surface area (Å²) in [4.78, 5) is 0. The normalized spacial score (nSPS) is 17.8. The van der Waals surface area contributed by atoms with Gasteiger partial charge in [0.2, 0.25) is 0 Å². The lowest BCUT2D eigenvalue weighted by Gasteiger charge is -2.36. The van der Waals surface area contributed by atoms with Crippen molar-refractivity contribution in [2.45, 2.75) is 0 Å². The van der Waals surface area contributed by atoms with Gasteiger partial charge in [-0.15, -0.1) is 0 Å². The Labute approximate surface area is 184 Å². The summed E-state index contributed by atoms with van der Waals surface area (Å²) < 4.78 is 15.2. The Morgan fingerprint density at radius 3 is 2.19 bits per heavy atom. The Balaban J connectivity index is 1.71. The SMILES string of the molecule is S=P12c3ccccc3Oc3cccc(c31)Oc1c2n(-c2ccccc2)c2ccccc12. The van der Waals surface area contributed by atoms with Crippen molar-refractivity contribution in [2.24, 2.45) is 0 Å². The second-order valence-corrected chi connectivity index (χ2v) is 11.9. The van der Waals surface area contributed by atoms with Crippen LogP contribution in [0.4, 0.5) is 0 Å². The number of fused-ring (bicyclic) bond motifs is 6. The summed E-state index contributed by atoms with van der Waals surface area (Å²) >= 11 is 6.72. The monoisotopic (exact) mass is 437 g/mol. The molecule has 31 heavy (non-hydrogen) atoms. The van der Waals surface area contributed by atoms with Crippen LogP contribution in [-0.2, 0) is 11.8 Å². The number of nitrogens with zero attached hydrogens (tertiary/aromatic N) is 1. The van der Waals surface area contributed by atoms with E-state index < -0.39 is 6.04 Å². The third-order valence-electron chi connectivity index (χ3n) is 6.03. The van der Waals surface area contributed by atoms with E-state index in [0.29, 0.717) is 0 Å². The standard InChI is InChI=1S/C26H16NO2PS/c31-30-23-16-7-6-13-20(23)28-21-14-8-15-22(25(21)30)29-24-18-11-4-5-12-19(18)27(26(24)30)17-9-2-1-3-10-17/h1-16H. The molecule has 0 saturated carbocycles. The molecular formula is C26H16NO2PS. The first-order valence-corrected chi connectivity index (χ1v) is 13.0. The summed E-state index contributed by atoms with van der Waals surface area (Å²) in [5, 5.41) is 3.16. The van der Waals surface area contributed by atoms with Crippen LogP contribution in [0.15, 0.2) is 97.1 Å². The van der Waals surface area contributed by atoms with Crippen LogP contribution >= 0.6 is 6.04 Å². The van der Waals surface area contributed by atoms with Gasteiger partial charge in [-0.3, -0.25) is 0 Å². The number of benzene rings is 4. The smallest absolute Gasteiger partial charge is 0.162 e. The van der Waals surface area contributed by atoms with Gasteiger partial charge in [0.05, 0.1) is 16.9 Å². The largest absolute Gasteiger partial charge is 0.456 e. The zero-order chi connectivity index (χ0) is 20.6. The van der Waals surface area contributed by atoms with Gasteiger partial charge in [0.15, 0.2) is 5.75 Å². The molecule has 3 heterocycles. The van der Waals surface area contributed by atoms with Gasteiger partial charge < -0.3 is 14.0 Å². The highest BCUT2D eigenvalue weighted by atomic mass is 32.4. The Morgan fingerprint density at radius 1 is 0.645 bits per heavy atom. The van der Waals surface area contributed by atoms with E-state index in [4.69, 9.17) is 21.3 Å². The van der Waals surface area contributed by atoms with E-state index in [1.54, 1.807) is 0 Å². The van der Waals surface area contributed by atoms with Crippen molar-refractivity contribution in [3.8, 4) is 28.7 Å². The van der Waals surface area contributed by atoms with Crippen LogP contribution in [0.2, 0.25) is 0 Å². The Kier molecular flexibility index (Phi) is 3.42. The van der Waals surface area contributed by atoms with Crippen LogP contribution in [-0.4, -0.2) is 4.57 Å². The average Bonchev–Trinajstić information content (AvgIpc) is 3.15. The zero-order valence-corrected chi connectivity index (χ0v) is 18.1. The molecule has 5 heteroatoms. The van der Waals surface area contributed by atoms with Gasteiger partial charge in [-0.25, -0.2) is 0 Å². The second-order valence-electron chi connectivity index (χ2n) is 7.72. The Morgan fingerprint density at radius 2 is 1.32 bits per heavy atom. The van der Waals surface area contributed by atoms with Crippen molar-refractivity contribution in [1.82, 2.24) is 4.57 Å². The molecule has 2 aliphatic heterocycles. The van der Waals surface area contributed by atoms with E-state index in [-0.39, 0.29) is 0 Å². The summed E-state index contributed by atoms with van der Waals surface area (Å²) in [6.07, 6.45) is 0. The third-order valence-corrected chi connectivity index (χ3v) is 10.8. The zero-order valence-electron chi connectivity index (χ0n) is 16.4. The van der Waals surface area contributed by atoms with Gasteiger partial charge in [-0.2, -0.15) is 0 Å². The molecule has 0 saturated heterocycles. The first-order chi connectivity index (χ1) is 15.3. The minimum absolute atomic E-state index is 0.801. The van der Waals surface area contributed by atoms with Crippen molar-refractivity contribution >= 4 is 44.8 Å². The minimum atomic E-state index is -2.44. The molecular weight excluding hydrogens is 421 g/mol. The number of hydrogen-bond acceptors (Lipinski definition) is 3. The maximum atomic E-state index is 6.72. The molecule has 1 atom stereocenters. The molecule has 1 aromatic heterocycles. The lowest BCUT2D eigenvalue weighted by atomic mass is 10.2. The molecule has 0 fully saturated rings. The molecule has 2 aliphatic rings. The highest BCUT2D eigenvalue weighted by Crippen LogP contribution is 2.60. The maximum absolute atomic E-state index is 6.72. The molecule has 0 spiro atoms. The molecule has 4 aromatic carbocycles. The van der Waals surface area contributed by atoms with Gasteiger partial charge >= 0.3 is 0 Å². The summed E-state index contributed by atoms with van der Waals surface area (Å²) in [6.45, 7) is 0. The molecule has 0 bridgehead atoms. The lowest BCUT2D eigenvalue weighted by molar-refractivity contribution is 0.468. The van der Waals surface area contributed by atoms with E-state index >= 15 is 0 Å². The van der Waals surface area contributed by atoms with Gasteiger partial charge in [0, 0.05) is 16.4 Å². The lowest BCUT2D eigenvalue weighted by Crippen LogP contribution is -2.37. The van der Waals surface area contributed by atoms with Gasteiger partial charge in [-0.05, 0) is 48.5 Å². The average molecular weight is 437 g/mol. The molecule has 3 nitrogen and oxygen atoms in total. The van der Waals surface area contributed by atoms with Crippen molar-refractivity contribution in [3.05, 3.63) is 97.1 Å². The van der Waals surface area contributed by atoms with Crippen LogP contribution < -0.4 is 25.5 Å². The summed E-state index contributed by atoms with van der Waals surface area (Å²) in [6, 6.07) is 30.5. The predicted molar refractivity (Wildman–Crippen MR) is 129 cm³/mol. The van der Waals surface area contributed by atoms with E-state index in [1.807, 2.05) is 36.4 Å². The summed E-state index contributed by atoms with van der Waals surface area (Å²) in [7, 11) is 0. The second kappa shape index (κ2) is 6.10. The van der Waals surface area contributed by atoms with E-state index in [0.717, 1.165) is 55.6 Å². The van der Waals surface area contributed by atoms with Crippen LogP contribution in [0.3, 0.4) is 0 Å². The van der Waals surface area contributed by atoms with Crippen molar-refractivity contribution in [3.63, 3.8) is 0 Å². The third kappa shape index (κ3) is 2.16. The quantitative estimate of drug-likeness (QED) is 0.313. The van der Waals surface area contributed by atoms with Gasteiger partial charge in [0.1, 0.15) is 22.7 Å². The fraction of sp³-hybridized carbons (Fsp3) is 0. The van der Waals surface area contributed by atoms with Crippen LogP contribution in [0.25, 0.3) is 16.6 Å². The highest BCUT2D eigenvalue weighted by Gasteiger charge is 2.45. The van der Waals surface area contributed by atoms with E-state index in [9.17, 15) is 0 Å². The minimum Gasteiger partial charge on any atom is -0.456 e. The molecule has 0 aliphatic carbocycles. The summed E-state index contributed by atoms with van der Waals surface area (Å²) in [5.41, 5.74) is 3.24. The molecule has 0 amide bonds. The van der Waals surface area contributed by atoms with Crippen LogP contribution in [0.5, 0.6) is 23.0 Å². The van der Waals surface area contributed by atoms with Gasteiger partial charge in [0.25, 0.3) is 0 Å². The molecule has 1 unspecified atom stereocenters. The molecule has 0 radical (unpaired) electrons. The number of para-hydroxylation sites is 3. The van der Waals surface area contributed by atoms with Crippen LogP contribution in [0.1, 0.15) is 0 Å². The van der Waals surface area contributed by atoms with E-state index in [2.05, 4.69) is 65.2 Å². The Hall–Kier alpha value is -3.33. The van der Waals surface area contributed by atoms with E-state index in [1.165, 1.54) is 0 Å². The number of ether oxygens (including phenoxy) is 2. The van der Waals surface area contributed by atoms with Crippen molar-refractivity contribution in [1.29, 1.82) is 0 Å². The molecule has 5 aromatic rings. The van der Waals surface area contributed by atoms with Crippen LogP contribution in [0, 0.1) is 0 Å². The highest BCUT2D eigenvalue weighted by molar-refractivity contribution is 8.25. The molecule has 148 valence electrons. The topological polar surface area (TPSA) is 23.4 Å². The fourth-order valence-corrected chi connectivity index (χ4v) is 9.48. The number of hydrogen-bond donors (Lipinski definition) is 0. The number of rotatable bonds is 1. The molecule has 7 rings (SSSR count). The Bertz CT molecular complexity index is 1570. The van der Waals surface area contributed by atoms with Crippen molar-refractivity contribution < 1.29 is 9.47 Å². The van der Waals surface area contributed by atoms with Gasteiger partial charge in [-0.1, -0.05) is 60.3 Å². The molecule has 0 N–H and O–H groups in total. The first-order valence-electron chi connectivity index (χ1n) is 10.2. The van der Waals surface area contributed by atoms with Crippen molar-refractivity contribution in [2.75, 3.05) is 0 Å². The number of aromatic nitrogens is 1. The fourth-order valence-electron chi connectivity index (χ4n) is 4.77. The predicted octanol–water partition coefficient (Wildman–Crippen LogP) is 5.60. The first kappa shape index (κ1) is 17.4. The summed E-state index contributed by atoms with van der Waals surface area (Å²) in [5.74, 6) is 3.31.